The first kappa shape index (κ1) is 15.1. The number of nitrogens with zero attached hydrogens (tertiary/aromatic N) is 1. The van der Waals surface area contributed by atoms with Gasteiger partial charge in [-0.25, -0.2) is 0 Å². The second-order valence-electron chi connectivity index (χ2n) is 7.77. The molecule has 1 aliphatic carbocycles. The van der Waals surface area contributed by atoms with Gasteiger partial charge in [0.2, 0.25) is 0 Å². The SMILES string of the molecule is Cc1ccccc1N1[C@@H](C)c2c(oc3ccccc23)C12CCCCC2. The van der Waals surface area contributed by atoms with Crippen molar-refractivity contribution in [1.82, 2.24) is 0 Å². The zero-order chi connectivity index (χ0) is 17.0. The molecule has 2 nitrogen and oxygen atoms in total. The van der Waals surface area contributed by atoms with Gasteiger partial charge in [0.1, 0.15) is 11.3 Å². The van der Waals surface area contributed by atoms with E-state index in [1.165, 1.54) is 60.1 Å². The molecule has 1 saturated carbocycles. The molecule has 1 aromatic heterocycles. The van der Waals surface area contributed by atoms with Crippen molar-refractivity contribution < 1.29 is 4.42 Å². The van der Waals surface area contributed by atoms with Crippen LogP contribution >= 0.6 is 0 Å². The summed E-state index contributed by atoms with van der Waals surface area (Å²) in [6.07, 6.45) is 6.29. The Kier molecular flexibility index (Phi) is 3.25. The van der Waals surface area contributed by atoms with Crippen molar-refractivity contribution >= 4 is 16.7 Å². The van der Waals surface area contributed by atoms with Crippen LogP contribution in [0.3, 0.4) is 0 Å². The van der Waals surface area contributed by atoms with Gasteiger partial charge in [0.15, 0.2) is 0 Å². The highest BCUT2D eigenvalue weighted by Crippen LogP contribution is 2.58. The van der Waals surface area contributed by atoms with E-state index in [1.807, 2.05) is 0 Å². The summed E-state index contributed by atoms with van der Waals surface area (Å²) in [5, 5.41) is 1.30. The molecule has 1 atom stereocenters. The molecule has 128 valence electrons. The second-order valence-corrected chi connectivity index (χ2v) is 7.77. The van der Waals surface area contributed by atoms with Crippen LogP contribution in [-0.4, -0.2) is 0 Å². The minimum Gasteiger partial charge on any atom is -0.458 e. The van der Waals surface area contributed by atoms with E-state index in [2.05, 4.69) is 67.3 Å². The van der Waals surface area contributed by atoms with Crippen molar-refractivity contribution in [3.05, 3.63) is 65.4 Å². The Morgan fingerprint density at radius 2 is 1.68 bits per heavy atom. The zero-order valence-corrected chi connectivity index (χ0v) is 15.1. The molecule has 0 unspecified atom stereocenters. The van der Waals surface area contributed by atoms with Crippen LogP contribution < -0.4 is 4.90 Å². The molecule has 1 spiro atoms. The topological polar surface area (TPSA) is 16.4 Å². The molecule has 3 aromatic rings. The lowest BCUT2D eigenvalue weighted by atomic mass is 9.79. The van der Waals surface area contributed by atoms with Crippen LogP contribution in [-0.2, 0) is 5.54 Å². The highest BCUT2D eigenvalue weighted by atomic mass is 16.3. The lowest BCUT2D eigenvalue weighted by molar-refractivity contribution is 0.248. The average Bonchev–Trinajstić information content (AvgIpc) is 3.13. The van der Waals surface area contributed by atoms with E-state index in [0.29, 0.717) is 6.04 Å². The molecular weight excluding hydrogens is 306 g/mol. The third-order valence-corrected chi connectivity index (χ3v) is 6.38. The Balaban J connectivity index is 1.78. The van der Waals surface area contributed by atoms with Gasteiger partial charge in [0, 0.05) is 16.6 Å². The first-order valence-electron chi connectivity index (χ1n) is 9.59. The number of anilines is 1. The molecule has 2 heterocycles. The summed E-state index contributed by atoms with van der Waals surface area (Å²) >= 11 is 0. The highest BCUT2D eigenvalue weighted by Gasteiger charge is 2.53. The monoisotopic (exact) mass is 331 g/mol. The number of hydrogen-bond donors (Lipinski definition) is 0. The van der Waals surface area contributed by atoms with Crippen LogP contribution in [0.1, 0.15) is 62.0 Å². The third kappa shape index (κ3) is 1.97. The lowest BCUT2D eigenvalue weighted by Gasteiger charge is -2.45. The molecule has 2 aliphatic rings. The van der Waals surface area contributed by atoms with Gasteiger partial charge >= 0.3 is 0 Å². The summed E-state index contributed by atoms with van der Waals surface area (Å²) in [6.45, 7) is 4.59. The van der Waals surface area contributed by atoms with Crippen molar-refractivity contribution in [2.75, 3.05) is 4.90 Å². The van der Waals surface area contributed by atoms with Crippen molar-refractivity contribution in [1.29, 1.82) is 0 Å². The molecule has 2 heteroatoms. The maximum absolute atomic E-state index is 6.52. The molecule has 0 N–H and O–H groups in total. The largest absolute Gasteiger partial charge is 0.458 e. The van der Waals surface area contributed by atoms with Crippen molar-refractivity contribution in [2.45, 2.75) is 57.5 Å². The standard InChI is InChI=1S/C23H25NO/c1-16-10-4-6-12-19(16)24-17(2)21-18-11-5-7-13-20(18)25-22(21)23(24)14-8-3-9-15-23/h4-7,10-13,17H,3,8-9,14-15H2,1-2H3/t17-/m0/s1. The van der Waals surface area contributed by atoms with Crippen LogP contribution in [0.2, 0.25) is 0 Å². The molecule has 5 rings (SSSR count). The first-order valence-corrected chi connectivity index (χ1v) is 9.59. The van der Waals surface area contributed by atoms with Crippen LogP contribution in [0.15, 0.2) is 52.9 Å². The number of benzene rings is 2. The molecule has 2 aromatic carbocycles. The van der Waals surface area contributed by atoms with Gasteiger partial charge in [-0.15, -0.1) is 0 Å². The van der Waals surface area contributed by atoms with Gasteiger partial charge in [0.05, 0.1) is 11.6 Å². The summed E-state index contributed by atoms with van der Waals surface area (Å²) in [5.74, 6) is 1.24. The molecule has 0 bridgehead atoms. The second kappa shape index (κ2) is 5.39. The predicted octanol–water partition coefficient (Wildman–Crippen LogP) is 6.48. The first-order chi connectivity index (χ1) is 12.2. The maximum atomic E-state index is 6.52. The molecule has 1 aliphatic heterocycles. The Labute approximate surface area is 149 Å². The number of para-hydroxylation sites is 2. The van der Waals surface area contributed by atoms with Gasteiger partial charge in [-0.2, -0.15) is 0 Å². The number of rotatable bonds is 1. The lowest BCUT2D eigenvalue weighted by Crippen LogP contribution is -2.44. The van der Waals surface area contributed by atoms with E-state index < -0.39 is 0 Å². The van der Waals surface area contributed by atoms with E-state index in [4.69, 9.17) is 4.42 Å². The fourth-order valence-electron chi connectivity index (χ4n) is 5.31. The summed E-state index contributed by atoms with van der Waals surface area (Å²) < 4.78 is 6.52. The fraction of sp³-hybridized carbons (Fsp3) is 0.391. The number of aryl methyl sites for hydroxylation is 1. The quantitative estimate of drug-likeness (QED) is 0.507. The van der Waals surface area contributed by atoms with E-state index >= 15 is 0 Å². The van der Waals surface area contributed by atoms with Crippen LogP contribution in [0.4, 0.5) is 5.69 Å². The zero-order valence-electron chi connectivity index (χ0n) is 15.1. The summed E-state index contributed by atoms with van der Waals surface area (Å²) in [7, 11) is 0. The van der Waals surface area contributed by atoms with Gasteiger partial charge in [-0.05, 0) is 44.4 Å². The van der Waals surface area contributed by atoms with Gasteiger partial charge in [-0.1, -0.05) is 55.7 Å². The molecule has 0 amide bonds. The highest BCUT2D eigenvalue weighted by molar-refractivity contribution is 5.86. The fourth-order valence-corrected chi connectivity index (χ4v) is 5.31. The minimum atomic E-state index is 0.0259. The van der Waals surface area contributed by atoms with Crippen molar-refractivity contribution in [3.8, 4) is 0 Å². The van der Waals surface area contributed by atoms with E-state index in [0.717, 1.165) is 5.58 Å². The number of furan rings is 1. The minimum absolute atomic E-state index is 0.0259. The van der Waals surface area contributed by atoms with E-state index in [-0.39, 0.29) is 5.54 Å². The Hall–Kier alpha value is -2.22. The number of fused-ring (bicyclic) bond motifs is 4. The van der Waals surface area contributed by atoms with Crippen LogP contribution in [0.5, 0.6) is 0 Å². The summed E-state index contributed by atoms with van der Waals surface area (Å²) in [6, 6.07) is 17.7. The van der Waals surface area contributed by atoms with Crippen LogP contribution in [0, 0.1) is 6.92 Å². The Morgan fingerprint density at radius 1 is 0.960 bits per heavy atom. The number of hydrogen-bond acceptors (Lipinski definition) is 2. The van der Waals surface area contributed by atoms with Gasteiger partial charge < -0.3 is 9.32 Å². The van der Waals surface area contributed by atoms with Crippen LogP contribution in [0.25, 0.3) is 11.0 Å². The Bertz CT molecular complexity index is 932. The van der Waals surface area contributed by atoms with Gasteiger partial charge in [-0.3, -0.25) is 0 Å². The smallest absolute Gasteiger partial charge is 0.136 e. The molecule has 0 radical (unpaired) electrons. The maximum Gasteiger partial charge on any atom is 0.136 e. The molecule has 0 saturated heterocycles. The summed E-state index contributed by atoms with van der Waals surface area (Å²) in [4.78, 5) is 2.68. The van der Waals surface area contributed by atoms with E-state index in [9.17, 15) is 0 Å². The normalized spacial score (nSPS) is 21.8. The molecular formula is C23H25NO. The molecule has 25 heavy (non-hydrogen) atoms. The molecule has 1 fully saturated rings. The predicted molar refractivity (Wildman–Crippen MR) is 103 cm³/mol. The Morgan fingerprint density at radius 3 is 2.48 bits per heavy atom. The van der Waals surface area contributed by atoms with Gasteiger partial charge in [0.25, 0.3) is 0 Å². The average molecular weight is 331 g/mol. The summed E-state index contributed by atoms with van der Waals surface area (Å²) in [5.41, 5.74) is 5.22. The van der Waals surface area contributed by atoms with Crippen molar-refractivity contribution in [2.24, 2.45) is 0 Å². The third-order valence-electron chi connectivity index (χ3n) is 6.38. The van der Waals surface area contributed by atoms with E-state index in [1.54, 1.807) is 0 Å². The van der Waals surface area contributed by atoms with Crippen molar-refractivity contribution in [3.63, 3.8) is 0 Å².